The summed E-state index contributed by atoms with van der Waals surface area (Å²) < 4.78 is 13.2. The highest BCUT2D eigenvalue weighted by Crippen LogP contribution is 2.13. The van der Waals surface area contributed by atoms with Crippen LogP contribution in [0.1, 0.15) is 24.9 Å². The predicted molar refractivity (Wildman–Crippen MR) is 76.9 cm³/mol. The lowest BCUT2D eigenvalue weighted by molar-refractivity contribution is -0.122. The fourth-order valence-electron chi connectivity index (χ4n) is 2.41. The number of rotatable bonds is 4. The van der Waals surface area contributed by atoms with Crippen LogP contribution in [-0.4, -0.2) is 43.5 Å². The van der Waals surface area contributed by atoms with Crippen LogP contribution < -0.4 is 10.6 Å². The number of hydrogen-bond acceptors (Lipinski definition) is 3. The summed E-state index contributed by atoms with van der Waals surface area (Å²) in [5, 5.41) is 6.23. The van der Waals surface area contributed by atoms with Gasteiger partial charge >= 0.3 is 0 Å². The first-order valence-electron chi connectivity index (χ1n) is 7.13. The highest BCUT2D eigenvalue weighted by Gasteiger charge is 2.15. The molecule has 1 heterocycles. The number of nitrogens with zero attached hydrogens (tertiary/aromatic N) is 1. The van der Waals surface area contributed by atoms with Gasteiger partial charge in [-0.3, -0.25) is 9.69 Å². The average Bonchev–Trinajstić information content (AvgIpc) is 2.67. The molecular weight excluding hydrogens is 257 g/mol. The molecule has 1 saturated heterocycles. The molecule has 0 aromatic heterocycles. The summed E-state index contributed by atoms with van der Waals surface area (Å²) in [6.07, 6.45) is 1.06. The zero-order chi connectivity index (χ0) is 14.4. The molecule has 5 heteroatoms. The molecular formula is C15H22FN3O. The third-order valence-corrected chi connectivity index (χ3v) is 3.53. The van der Waals surface area contributed by atoms with Gasteiger partial charge in [0.15, 0.2) is 0 Å². The molecule has 1 aliphatic heterocycles. The normalized spacial score (nSPS) is 18.3. The van der Waals surface area contributed by atoms with E-state index in [1.54, 1.807) is 6.07 Å². The number of hydrogen-bond donors (Lipinski definition) is 2. The van der Waals surface area contributed by atoms with Crippen molar-refractivity contribution in [3.8, 4) is 0 Å². The fraction of sp³-hybridized carbons (Fsp3) is 0.533. The van der Waals surface area contributed by atoms with E-state index >= 15 is 0 Å². The Morgan fingerprint density at radius 1 is 1.45 bits per heavy atom. The number of benzene rings is 1. The van der Waals surface area contributed by atoms with Gasteiger partial charge in [-0.25, -0.2) is 4.39 Å². The lowest BCUT2D eigenvalue weighted by atomic mass is 10.1. The summed E-state index contributed by atoms with van der Waals surface area (Å²) in [5.74, 6) is -0.286. The second-order valence-electron chi connectivity index (χ2n) is 5.22. The molecule has 4 nitrogen and oxygen atoms in total. The Morgan fingerprint density at radius 3 is 3.10 bits per heavy atom. The molecule has 0 bridgehead atoms. The van der Waals surface area contributed by atoms with Crippen LogP contribution in [0, 0.1) is 5.82 Å². The lowest BCUT2D eigenvalue weighted by Crippen LogP contribution is -2.39. The molecule has 1 atom stereocenters. The Balaban J connectivity index is 1.84. The molecule has 1 amide bonds. The van der Waals surface area contributed by atoms with E-state index in [0.29, 0.717) is 6.54 Å². The van der Waals surface area contributed by atoms with Crippen LogP contribution in [0.3, 0.4) is 0 Å². The van der Waals surface area contributed by atoms with Crippen molar-refractivity contribution in [1.82, 2.24) is 15.5 Å². The quantitative estimate of drug-likeness (QED) is 0.873. The van der Waals surface area contributed by atoms with Crippen LogP contribution in [0.2, 0.25) is 0 Å². The van der Waals surface area contributed by atoms with Crippen LogP contribution in [0.4, 0.5) is 4.39 Å². The topological polar surface area (TPSA) is 44.4 Å². The maximum absolute atomic E-state index is 13.2. The van der Waals surface area contributed by atoms with Gasteiger partial charge in [-0.15, -0.1) is 0 Å². The van der Waals surface area contributed by atoms with E-state index in [1.807, 2.05) is 13.0 Å². The van der Waals surface area contributed by atoms with Crippen molar-refractivity contribution < 1.29 is 9.18 Å². The number of halogens is 1. The third kappa shape index (κ3) is 4.58. The first-order chi connectivity index (χ1) is 9.65. The molecule has 1 aliphatic rings. The van der Waals surface area contributed by atoms with Crippen molar-refractivity contribution in [1.29, 1.82) is 0 Å². The van der Waals surface area contributed by atoms with Crippen molar-refractivity contribution in [2.24, 2.45) is 0 Å². The first-order valence-corrected chi connectivity index (χ1v) is 7.13. The molecule has 2 N–H and O–H groups in total. The van der Waals surface area contributed by atoms with E-state index in [9.17, 15) is 9.18 Å². The van der Waals surface area contributed by atoms with Gasteiger partial charge in [-0.2, -0.15) is 0 Å². The Hall–Kier alpha value is -1.46. The molecule has 110 valence electrons. The minimum Gasteiger partial charge on any atom is -0.348 e. The number of nitrogens with one attached hydrogen (secondary N) is 2. The molecule has 1 aromatic rings. The number of carbonyl (C=O) groups is 1. The van der Waals surface area contributed by atoms with Gasteiger partial charge in [-0.05, 0) is 44.1 Å². The minimum atomic E-state index is -0.276. The number of carbonyl (C=O) groups excluding carboxylic acids is 1. The Kier molecular flexibility index (Phi) is 5.49. The van der Waals surface area contributed by atoms with Crippen LogP contribution >= 0.6 is 0 Å². The van der Waals surface area contributed by atoms with Crippen molar-refractivity contribution in [3.05, 3.63) is 35.6 Å². The van der Waals surface area contributed by atoms with E-state index in [2.05, 4.69) is 15.5 Å². The summed E-state index contributed by atoms with van der Waals surface area (Å²) in [7, 11) is 0. The van der Waals surface area contributed by atoms with E-state index in [4.69, 9.17) is 0 Å². The summed E-state index contributed by atoms with van der Waals surface area (Å²) >= 11 is 0. The smallest absolute Gasteiger partial charge is 0.234 e. The highest BCUT2D eigenvalue weighted by atomic mass is 19.1. The van der Waals surface area contributed by atoms with Crippen LogP contribution in [0.5, 0.6) is 0 Å². The second-order valence-corrected chi connectivity index (χ2v) is 5.22. The van der Waals surface area contributed by atoms with Crippen LogP contribution in [0.25, 0.3) is 0 Å². The van der Waals surface area contributed by atoms with Gasteiger partial charge in [0.2, 0.25) is 5.91 Å². The molecule has 20 heavy (non-hydrogen) atoms. The second kappa shape index (κ2) is 7.36. The lowest BCUT2D eigenvalue weighted by Gasteiger charge is -2.21. The molecule has 0 saturated carbocycles. The Morgan fingerprint density at radius 2 is 2.30 bits per heavy atom. The third-order valence-electron chi connectivity index (χ3n) is 3.53. The van der Waals surface area contributed by atoms with Crippen molar-refractivity contribution in [3.63, 3.8) is 0 Å². The maximum Gasteiger partial charge on any atom is 0.234 e. The zero-order valence-electron chi connectivity index (χ0n) is 11.9. The monoisotopic (exact) mass is 279 g/mol. The predicted octanol–water partition coefficient (Wildman–Crippen LogP) is 1.30. The molecule has 1 unspecified atom stereocenters. The molecule has 0 spiro atoms. The van der Waals surface area contributed by atoms with Gasteiger partial charge in [0.1, 0.15) is 5.82 Å². The van der Waals surface area contributed by atoms with E-state index in [0.717, 1.165) is 38.2 Å². The molecule has 2 rings (SSSR count). The van der Waals surface area contributed by atoms with E-state index in [1.165, 1.54) is 12.1 Å². The van der Waals surface area contributed by atoms with Crippen molar-refractivity contribution >= 4 is 5.91 Å². The highest BCUT2D eigenvalue weighted by molar-refractivity contribution is 5.78. The molecule has 0 radical (unpaired) electrons. The summed E-state index contributed by atoms with van der Waals surface area (Å²) in [6.45, 7) is 6.04. The zero-order valence-corrected chi connectivity index (χ0v) is 11.9. The van der Waals surface area contributed by atoms with E-state index < -0.39 is 0 Å². The average molecular weight is 279 g/mol. The molecule has 1 aromatic carbocycles. The first kappa shape index (κ1) is 14.9. The maximum atomic E-state index is 13.2. The van der Waals surface area contributed by atoms with Gasteiger partial charge in [0, 0.05) is 13.1 Å². The van der Waals surface area contributed by atoms with E-state index in [-0.39, 0.29) is 17.8 Å². The molecule has 0 aliphatic carbocycles. The van der Waals surface area contributed by atoms with Crippen molar-refractivity contribution in [2.45, 2.75) is 19.4 Å². The summed E-state index contributed by atoms with van der Waals surface area (Å²) in [4.78, 5) is 14.2. The Labute approximate surface area is 119 Å². The van der Waals surface area contributed by atoms with Crippen molar-refractivity contribution in [2.75, 3.05) is 32.7 Å². The molecule has 1 fully saturated rings. The van der Waals surface area contributed by atoms with Gasteiger partial charge in [0.05, 0.1) is 12.6 Å². The summed E-state index contributed by atoms with van der Waals surface area (Å²) in [6, 6.07) is 6.17. The van der Waals surface area contributed by atoms with Gasteiger partial charge < -0.3 is 10.6 Å². The van der Waals surface area contributed by atoms with Gasteiger partial charge in [0.25, 0.3) is 0 Å². The fourth-order valence-corrected chi connectivity index (χ4v) is 2.41. The standard InChI is InChI=1S/C15H22FN3O/c1-12(13-4-2-5-14(16)10-13)18-15(20)11-19-8-3-6-17-7-9-19/h2,4-5,10,12,17H,3,6-9,11H2,1H3,(H,18,20). The largest absolute Gasteiger partial charge is 0.348 e. The van der Waals surface area contributed by atoms with Crippen LogP contribution in [0.15, 0.2) is 24.3 Å². The Bertz CT molecular complexity index is 444. The van der Waals surface area contributed by atoms with Gasteiger partial charge in [-0.1, -0.05) is 12.1 Å². The summed E-state index contributed by atoms with van der Waals surface area (Å²) in [5.41, 5.74) is 0.788. The number of amides is 1. The SMILES string of the molecule is CC(NC(=O)CN1CCCNCC1)c1cccc(F)c1. The van der Waals surface area contributed by atoms with Crippen LogP contribution in [-0.2, 0) is 4.79 Å². The minimum absolute atomic E-state index is 0.0105.